The minimum Gasteiger partial charge on any atom is -0.398 e. The third-order valence-corrected chi connectivity index (χ3v) is 3.72. The Hall–Kier alpha value is -2.47. The van der Waals surface area contributed by atoms with Gasteiger partial charge < -0.3 is 10.6 Å². The molecule has 2 aromatic heterocycles. The van der Waals surface area contributed by atoms with Crippen molar-refractivity contribution in [2.75, 3.05) is 26.4 Å². The minimum atomic E-state index is 0.627. The van der Waals surface area contributed by atoms with Crippen LogP contribution in [0.1, 0.15) is 11.3 Å². The van der Waals surface area contributed by atoms with Crippen LogP contribution in [0.5, 0.6) is 0 Å². The molecule has 6 heteroatoms. The van der Waals surface area contributed by atoms with Gasteiger partial charge in [0.05, 0.1) is 11.2 Å². The first kappa shape index (κ1) is 14.5. The number of aryl methyl sites for hydroxylation is 1. The topological polar surface area (TPSA) is 72.9 Å². The molecule has 0 bridgehead atoms. The predicted molar refractivity (Wildman–Crippen MR) is 88.1 cm³/mol. The molecular weight excluding hydrogens is 276 g/mol. The van der Waals surface area contributed by atoms with Gasteiger partial charge in [-0.1, -0.05) is 6.07 Å². The van der Waals surface area contributed by atoms with E-state index in [1.54, 1.807) is 12.5 Å². The Morgan fingerprint density at radius 1 is 1.23 bits per heavy atom. The summed E-state index contributed by atoms with van der Waals surface area (Å²) in [7, 11) is 4.10. The first-order valence-corrected chi connectivity index (χ1v) is 7.25. The normalized spacial score (nSPS) is 11.5. The van der Waals surface area contributed by atoms with Gasteiger partial charge in [-0.25, -0.2) is 15.0 Å². The van der Waals surface area contributed by atoms with Crippen molar-refractivity contribution in [2.24, 2.45) is 0 Å². The Bertz CT molecular complexity index is 792. The van der Waals surface area contributed by atoms with Crippen LogP contribution in [0.2, 0.25) is 0 Å². The number of likely N-dealkylation sites (N-methyl/N-ethyl adjacent to an activating group) is 1. The zero-order valence-electron chi connectivity index (χ0n) is 13.1. The number of hydrogen-bond donors (Lipinski definition) is 1. The summed E-state index contributed by atoms with van der Waals surface area (Å²) in [5.74, 6) is 0.627. The lowest BCUT2D eigenvalue weighted by Crippen LogP contribution is -2.17. The molecule has 0 spiro atoms. The van der Waals surface area contributed by atoms with Gasteiger partial charge in [-0.3, -0.25) is 4.57 Å². The van der Waals surface area contributed by atoms with Crippen LogP contribution in [-0.2, 0) is 6.42 Å². The molecule has 0 atom stereocenters. The highest BCUT2D eigenvalue weighted by atomic mass is 15.2. The third kappa shape index (κ3) is 2.65. The minimum absolute atomic E-state index is 0.627. The molecule has 2 heterocycles. The van der Waals surface area contributed by atoms with Crippen LogP contribution < -0.4 is 5.73 Å². The number of fused-ring (bicyclic) bond motifs is 1. The number of hydrogen-bond acceptors (Lipinski definition) is 5. The standard InChI is InChI=1S/C16H20N6/c1-11-4-5-12-14(15(11)17)13(6-8-21(2)3)20-16(19-12)22-9-7-18-10-22/h4-5,7,9-10H,6,8,17H2,1-3H3. The third-order valence-electron chi connectivity index (χ3n) is 3.72. The summed E-state index contributed by atoms with van der Waals surface area (Å²) in [4.78, 5) is 15.5. The first-order chi connectivity index (χ1) is 10.6. The fourth-order valence-corrected chi connectivity index (χ4v) is 2.42. The number of nitrogens with two attached hydrogens (primary N) is 1. The van der Waals surface area contributed by atoms with E-state index in [1.807, 2.05) is 29.8 Å². The van der Waals surface area contributed by atoms with Crippen LogP contribution in [0.15, 0.2) is 30.9 Å². The lowest BCUT2D eigenvalue weighted by atomic mass is 10.1. The van der Waals surface area contributed by atoms with Crippen molar-refractivity contribution < 1.29 is 0 Å². The maximum absolute atomic E-state index is 6.28. The molecule has 3 aromatic rings. The molecule has 3 rings (SSSR count). The van der Waals surface area contributed by atoms with Crippen molar-refractivity contribution >= 4 is 16.6 Å². The molecule has 114 valence electrons. The van der Waals surface area contributed by atoms with Crippen LogP contribution in [0.4, 0.5) is 5.69 Å². The zero-order chi connectivity index (χ0) is 15.7. The van der Waals surface area contributed by atoms with Crippen LogP contribution in [0.25, 0.3) is 16.9 Å². The SMILES string of the molecule is Cc1ccc2nc(-n3ccnc3)nc(CCN(C)C)c2c1N. The summed E-state index contributed by atoms with van der Waals surface area (Å²) in [5, 5.41) is 0.964. The van der Waals surface area contributed by atoms with Gasteiger partial charge >= 0.3 is 0 Å². The van der Waals surface area contributed by atoms with Crippen molar-refractivity contribution in [1.82, 2.24) is 24.4 Å². The van der Waals surface area contributed by atoms with Gasteiger partial charge in [0.15, 0.2) is 0 Å². The molecule has 0 saturated carbocycles. The van der Waals surface area contributed by atoms with Crippen LogP contribution in [0.3, 0.4) is 0 Å². The van der Waals surface area contributed by atoms with Gasteiger partial charge in [0.2, 0.25) is 5.95 Å². The van der Waals surface area contributed by atoms with E-state index in [0.29, 0.717) is 5.95 Å². The summed E-state index contributed by atoms with van der Waals surface area (Å²) in [6.45, 7) is 2.91. The molecular formula is C16H20N6. The highest BCUT2D eigenvalue weighted by molar-refractivity contribution is 5.94. The lowest BCUT2D eigenvalue weighted by molar-refractivity contribution is 0.412. The maximum atomic E-state index is 6.28. The number of rotatable bonds is 4. The number of aromatic nitrogens is 4. The molecule has 2 N–H and O–H groups in total. The van der Waals surface area contributed by atoms with E-state index >= 15 is 0 Å². The number of nitrogens with zero attached hydrogens (tertiary/aromatic N) is 5. The smallest absolute Gasteiger partial charge is 0.235 e. The summed E-state index contributed by atoms with van der Waals surface area (Å²) in [6, 6.07) is 4.00. The molecule has 0 radical (unpaired) electrons. The summed E-state index contributed by atoms with van der Waals surface area (Å²) in [5.41, 5.74) is 9.95. The largest absolute Gasteiger partial charge is 0.398 e. The molecule has 1 aromatic carbocycles. The maximum Gasteiger partial charge on any atom is 0.235 e. The van der Waals surface area contributed by atoms with Crippen LogP contribution in [-0.4, -0.2) is 45.1 Å². The van der Waals surface area contributed by atoms with E-state index < -0.39 is 0 Å². The molecule has 0 unspecified atom stereocenters. The van der Waals surface area contributed by atoms with Crippen LogP contribution >= 0.6 is 0 Å². The summed E-state index contributed by atoms with van der Waals surface area (Å²) < 4.78 is 1.81. The number of nitrogen functional groups attached to an aromatic ring is 1. The highest BCUT2D eigenvalue weighted by Gasteiger charge is 2.13. The first-order valence-electron chi connectivity index (χ1n) is 7.25. The monoisotopic (exact) mass is 296 g/mol. The second-order valence-electron chi connectivity index (χ2n) is 5.68. The van der Waals surface area contributed by atoms with Gasteiger partial charge in [0, 0.05) is 36.4 Å². The fraction of sp³-hybridized carbons (Fsp3) is 0.312. The van der Waals surface area contributed by atoms with Crippen molar-refractivity contribution in [1.29, 1.82) is 0 Å². The van der Waals surface area contributed by atoms with Crippen molar-refractivity contribution in [3.8, 4) is 5.95 Å². The lowest BCUT2D eigenvalue weighted by Gasteiger charge is -2.14. The molecule has 22 heavy (non-hydrogen) atoms. The molecule has 0 aliphatic heterocycles. The molecule has 0 fully saturated rings. The second kappa shape index (κ2) is 5.73. The Kier molecular flexibility index (Phi) is 3.77. The van der Waals surface area contributed by atoms with Gasteiger partial charge in [-0.15, -0.1) is 0 Å². The Morgan fingerprint density at radius 2 is 2.05 bits per heavy atom. The van der Waals surface area contributed by atoms with Crippen molar-refractivity contribution in [2.45, 2.75) is 13.3 Å². The van der Waals surface area contributed by atoms with Crippen molar-refractivity contribution in [3.05, 3.63) is 42.1 Å². The average molecular weight is 296 g/mol. The molecule has 0 amide bonds. The van der Waals surface area contributed by atoms with Gasteiger partial charge in [-0.05, 0) is 32.6 Å². The van der Waals surface area contributed by atoms with Crippen molar-refractivity contribution in [3.63, 3.8) is 0 Å². The van der Waals surface area contributed by atoms with E-state index in [-0.39, 0.29) is 0 Å². The number of imidazole rings is 1. The quantitative estimate of drug-likeness (QED) is 0.743. The van der Waals surface area contributed by atoms with E-state index in [4.69, 9.17) is 10.7 Å². The summed E-state index contributed by atoms with van der Waals surface area (Å²) in [6.07, 6.45) is 6.08. The van der Waals surface area contributed by atoms with E-state index in [2.05, 4.69) is 29.0 Å². The number of benzene rings is 1. The van der Waals surface area contributed by atoms with Gasteiger partial charge in [0.1, 0.15) is 6.33 Å². The predicted octanol–water partition coefficient (Wildman–Crippen LogP) is 1.81. The van der Waals surface area contributed by atoms with E-state index in [0.717, 1.165) is 40.8 Å². The molecule has 0 aliphatic carbocycles. The number of anilines is 1. The van der Waals surface area contributed by atoms with Crippen LogP contribution in [0, 0.1) is 6.92 Å². The Balaban J connectivity index is 2.20. The Labute approximate surface area is 129 Å². The Morgan fingerprint density at radius 3 is 2.73 bits per heavy atom. The van der Waals surface area contributed by atoms with Gasteiger partial charge in [-0.2, -0.15) is 0 Å². The fourth-order valence-electron chi connectivity index (χ4n) is 2.42. The summed E-state index contributed by atoms with van der Waals surface area (Å²) >= 11 is 0. The molecule has 6 nitrogen and oxygen atoms in total. The van der Waals surface area contributed by atoms with E-state index in [1.165, 1.54) is 0 Å². The second-order valence-corrected chi connectivity index (χ2v) is 5.68. The highest BCUT2D eigenvalue weighted by Crippen LogP contribution is 2.27. The average Bonchev–Trinajstić information content (AvgIpc) is 3.02. The van der Waals surface area contributed by atoms with E-state index in [9.17, 15) is 0 Å². The van der Waals surface area contributed by atoms with Gasteiger partial charge in [0.25, 0.3) is 0 Å². The zero-order valence-corrected chi connectivity index (χ0v) is 13.1. The molecule has 0 aliphatic rings. The molecule has 0 saturated heterocycles.